The largest absolute Gasteiger partial charge is 0.348 e. The topological polar surface area (TPSA) is 76.0 Å². The molecule has 0 spiro atoms. The molecule has 1 aliphatic carbocycles. The predicted molar refractivity (Wildman–Crippen MR) is 99.2 cm³/mol. The van der Waals surface area contributed by atoms with E-state index in [1.165, 1.54) is 6.07 Å². The van der Waals surface area contributed by atoms with Crippen LogP contribution in [0.4, 0.5) is 14.5 Å². The number of nitrogens with zero attached hydrogens (tertiary/aromatic N) is 2. The number of imidazole rings is 1. The minimum Gasteiger partial charge on any atom is -0.348 e. The van der Waals surface area contributed by atoms with Gasteiger partial charge in [-0.2, -0.15) is 0 Å². The van der Waals surface area contributed by atoms with Gasteiger partial charge >= 0.3 is 0 Å². The molecule has 1 aromatic heterocycles. The standard InChI is InChI=1S/C20H22F2N4O2/c21-14-9-8-13(11-15(14)22)24-20(28)18-25-17(16-7-3-4-10-26(16)18)19(27)23-12-5-1-2-6-12/h8-9,11-12H,1-7,10H2,(H,23,27)(H,24,28). The first-order valence-corrected chi connectivity index (χ1v) is 9.69. The normalized spacial score (nSPS) is 16.6. The van der Waals surface area contributed by atoms with Crippen molar-refractivity contribution in [3.63, 3.8) is 0 Å². The van der Waals surface area contributed by atoms with E-state index in [2.05, 4.69) is 15.6 Å². The van der Waals surface area contributed by atoms with Gasteiger partial charge in [0.2, 0.25) is 0 Å². The van der Waals surface area contributed by atoms with Crippen molar-refractivity contribution in [2.24, 2.45) is 0 Å². The number of rotatable bonds is 4. The first-order chi connectivity index (χ1) is 13.5. The summed E-state index contributed by atoms with van der Waals surface area (Å²) >= 11 is 0. The van der Waals surface area contributed by atoms with Crippen LogP contribution in [0.5, 0.6) is 0 Å². The maximum absolute atomic E-state index is 13.4. The fourth-order valence-electron chi connectivity index (χ4n) is 3.98. The number of hydrogen-bond acceptors (Lipinski definition) is 3. The van der Waals surface area contributed by atoms with Crippen LogP contribution in [-0.2, 0) is 13.0 Å². The van der Waals surface area contributed by atoms with Crippen molar-refractivity contribution < 1.29 is 18.4 Å². The summed E-state index contributed by atoms with van der Waals surface area (Å²) in [5, 5.41) is 5.56. The number of amides is 2. The molecule has 0 saturated heterocycles. The van der Waals surface area contributed by atoms with E-state index in [0.717, 1.165) is 56.4 Å². The Morgan fingerprint density at radius 1 is 1.04 bits per heavy atom. The fraction of sp³-hybridized carbons (Fsp3) is 0.450. The van der Waals surface area contributed by atoms with Crippen LogP contribution in [0, 0.1) is 11.6 Å². The van der Waals surface area contributed by atoms with Crippen molar-refractivity contribution in [1.29, 1.82) is 0 Å². The number of hydrogen-bond donors (Lipinski definition) is 2. The van der Waals surface area contributed by atoms with Gasteiger partial charge in [0, 0.05) is 24.3 Å². The van der Waals surface area contributed by atoms with Crippen LogP contribution in [0.3, 0.4) is 0 Å². The minimum atomic E-state index is -1.04. The van der Waals surface area contributed by atoms with Gasteiger partial charge in [-0.3, -0.25) is 9.59 Å². The van der Waals surface area contributed by atoms with Crippen LogP contribution in [0.15, 0.2) is 18.2 Å². The molecule has 1 fully saturated rings. The lowest BCUT2D eigenvalue weighted by Gasteiger charge is -2.17. The van der Waals surface area contributed by atoms with Crippen LogP contribution in [-0.4, -0.2) is 27.4 Å². The van der Waals surface area contributed by atoms with E-state index in [9.17, 15) is 18.4 Å². The Bertz CT molecular complexity index is 919. The molecule has 6 nitrogen and oxygen atoms in total. The predicted octanol–water partition coefficient (Wildman–Crippen LogP) is 3.42. The first-order valence-electron chi connectivity index (χ1n) is 9.69. The number of carbonyl (C=O) groups excluding carboxylic acids is 2. The number of carbonyl (C=O) groups is 2. The Kier molecular flexibility index (Phi) is 5.11. The summed E-state index contributed by atoms with van der Waals surface area (Å²) in [6.45, 7) is 0.597. The van der Waals surface area contributed by atoms with Gasteiger partial charge < -0.3 is 15.2 Å². The summed E-state index contributed by atoms with van der Waals surface area (Å²) in [4.78, 5) is 29.8. The highest BCUT2D eigenvalue weighted by molar-refractivity contribution is 6.03. The Hall–Kier alpha value is -2.77. The van der Waals surface area contributed by atoms with Crippen molar-refractivity contribution in [1.82, 2.24) is 14.9 Å². The fourth-order valence-corrected chi connectivity index (χ4v) is 3.98. The second-order valence-corrected chi connectivity index (χ2v) is 7.38. The number of halogens is 2. The lowest BCUT2D eigenvalue weighted by molar-refractivity contribution is 0.0931. The third kappa shape index (κ3) is 3.63. The highest BCUT2D eigenvalue weighted by Gasteiger charge is 2.29. The molecule has 1 saturated carbocycles. The number of anilines is 1. The Morgan fingerprint density at radius 2 is 1.82 bits per heavy atom. The summed E-state index contributed by atoms with van der Waals surface area (Å²) < 4.78 is 28.3. The van der Waals surface area contributed by atoms with Crippen molar-refractivity contribution >= 4 is 17.5 Å². The molecule has 0 atom stereocenters. The molecule has 148 valence electrons. The average molecular weight is 388 g/mol. The molecule has 0 unspecified atom stereocenters. The van der Waals surface area contributed by atoms with Crippen molar-refractivity contribution in [3.8, 4) is 0 Å². The molecule has 4 rings (SSSR count). The van der Waals surface area contributed by atoms with Crippen LogP contribution < -0.4 is 10.6 Å². The van der Waals surface area contributed by atoms with Crippen molar-refractivity contribution in [2.75, 3.05) is 5.32 Å². The highest BCUT2D eigenvalue weighted by atomic mass is 19.2. The summed E-state index contributed by atoms with van der Waals surface area (Å²) in [7, 11) is 0. The van der Waals surface area contributed by atoms with Gasteiger partial charge in [0.25, 0.3) is 11.8 Å². The monoisotopic (exact) mass is 388 g/mol. The van der Waals surface area contributed by atoms with Gasteiger partial charge in [-0.15, -0.1) is 0 Å². The number of fused-ring (bicyclic) bond motifs is 1. The molecule has 2 amide bonds. The van der Waals surface area contributed by atoms with Gasteiger partial charge in [-0.1, -0.05) is 12.8 Å². The van der Waals surface area contributed by atoms with E-state index < -0.39 is 17.5 Å². The zero-order valence-electron chi connectivity index (χ0n) is 15.4. The molecule has 1 aromatic carbocycles. The maximum atomic E-state index is 13.4. The molecule has 0 bridgehead atoms. The Balaban J connectivity index is 1.59. The Labute approximate surface area is 161 Å². The molecular weight excluding hydrogens is 366 g/mol. The highest BCUT2D eigenvalue weighted by Crippen LogP contribution is 2.24. The van der Waals surface area contributed by atoms with E-state index in [1.54, 1.807) is 4.57 Å². The SMILES string of the molecule is O=C(NC1CCCC1)c1nc(C(=O)Nc2ccc(F)c(F)c2)n2c1CCCC2. The molecule has 2 aromatic rings. The summed E-state index contributed by atoms with van der Waals surface area (Å²) in [5.41, 5.74) is 1.19. The number of aromatic nitrogens is 2. The minimum absolute atomic E-state index is 0.121. The number of nitrogens with one attached hydrogen (secondary N) is 2. The summed E-state index contributed by atoms with van der Waals surface area (Å²) in [6, 6.07) is 3.31. The molecule has 1 aliphatic heterocycles. The zero-order valence-corrected chi connectivity index (χ0v) is 15.4. The number of benzene rings is 1. The van der Waals surface area contributed by atoms with Gasteiger partial charge in [-0.25, -0.2) is 13.8 Å². The molecule has 2 aliphatic rings. The molecule has 0 radical (unpaired) electrons. The van der Waals surface area contributed by atoms with Gasteiger partial charge in [0.1, 0.15) is 5.69 Å². The van der Waals surface area contributed by atoms with Crippen LogP contribution in [0.25, 0.3) is 0 Å². The van der Waals surface area contributed by atoms with E-state index in [1.807, 2.05) is 0 Å². The van der Waals surface area contributed by atoms with Crippen LogP contribution in [0.2, 0.25) is 0 Å². The molecule has 28 heavy (non-hydrogen) atoms. The molecular formula is C20H22F2N4O2. The van der Waals surface area contributed by atoms with E-state index >= 15 is 0 Å². The summed E-state index contributed by atoms with van der Waals surface area (Å²) in [6.07, 6.45) is 6.63. The Morgan fingerprint density at radius 3 is 2.57 bits per heavy atom. The first kappa shape index (κ1) is 18.6. The van der Waals surface area contributed by atoms with Crippen LogP contribution in [0.1, 0.15) is 65.3 Å². The van der Waals surface area contributed by atoms with Gasteiger partial charge in [0.05, 0.1) is 5.69 Å². The lowest BCUT2D eigenvalue weighted by atomic mass is 10.1. The smallest absolute Gasteiger partial charge is 0.291 e. The van der Waals surface area contributed by atoms with Gasteiger partial charge in [-0.05, 0) is 44.2 Å². The third-order valence-corrected chi connectivity index (χ3v) is 5.40. The molecule has 2 N–H and O–H groups in total. The zero-order chi connectivity index (χ0) is 19.7. The molecule has 8 heteroatoms. The average Bonchev–Trinajstić information content (AvgIpc) is 3.32. The van der Waals surface area contributed by atoms with Crippen molar-refractivity contribution in [3.05, 3.63) is 47.0 Å². The third-order valence-electron chi connectivity index (χ3n) is 5.40. The molecule has 2 heterocycles. The quantitative estimate of drug-likeness (QED) is 0.843. The summed E-state index contributed by atoms with van der Waals surface area (Å²) in [5.74, 6) is -2.70. The van der Waals surface area contributed by atoms with Gasteiger partial charge in [0.15, 0.2) is 17.5 Å². The van der Waals surface area contributed by atoms with Crippen LogP contribution >= 0.6 is 0 Å². The maximum Gasteiger partial charge on any atom is 0.291 e. The van der Waals surface area contributed by atoms with Crippen molar-refractivity contribution in [2.45, 2.75) is 57.5 Å². The lowest BCUT2D eigenvalue weighted by Crippen LogP contribution is -2.33. The van der Waals surface area contributed by atoms with E-state index in [4.69, 9.17) is 0 Å². The van der Waals surface area contributed by atoms with E-state index in [-0.39, 0.29) is 23.5 Å². The van der Waals surface area contributed by atoms with E-state index in [0.29, 0.717) is 18.7 Å². The second-order valence-electron chi connectivity index (χ2n) is 7.38. The second kappa shape index (κ2) is 7.69.